The molecule has 1 aromatic rings. The van der Waals surface area contributed by atoms with Crippen molar-refractivity contribution in [3.8, 4) is 0 Å². The third-order valence-corrected chi connectivity index (χ3v) is 5.59. The van der Waals surface area contributed by atoms with Crippen molar-refractivity contribution in [2.45, 2.75) is 44.3 Å². The minimum absolute atomic E-state index is 0.0115. The number of rotatable bonds is 4. The molecule has 0 aromatic heterocycles. The Balaban J connectivity index is 1.53. The highest BCUT2D eigenvalue weighted by Gasteiger charge is 2.44. The van der Waals surface area contributed by atoms with Crippen LogP contribution in [0.4, 0.5) is 0 Å². The molecule has 0 bridgehead atoms. The Kier molecular flexibility index (Phi) is 4.32. The smallest absolute Gasteiger partial charge is 0.262 e. The second-order valence-electron chi connectivity index (χ2n) is 7.67. The van der Waals surface area contributed by atoms with Crippen LogP contribution in [0, 0.1) is 0 Å². The van der Waals surface area contributed by atoms with Crippen LogP contribution in [0.2, 0.25) is 0 Å². The molecule has 27 heavy (non-hydrogen) atoms. The second-order valence-corrected chi connectivity index (χ2v) is 7.67. The van der Waals surface area contributed by atoms with Crippen LogP contribution in [-0.4, -0.2) is 53.2 Å². The van der Waals surface area contributed by atoms with Crippen LogP contribution in [-0.2, 0) is 16.1 Å². The fraction of sp³-hybridized carbons (Fsp3) is 0.474. The lowest BCUT2D eigenvalue weighted by atomic mass is 10.0. The zero-order valence-corrected chi connectivity index (χ0v) is 15.1. The Morgan fingerprint density at radius 3 is 2.67 bits per heavy atom. The first-order valence-corrected chi connectivity index (χ1v) is 9.18. The minimum atomic E-state index is -0.930. The molecular formula is C19H22N4O4. The van der Waals surface area contributed by atoms with Crippen LogP contribution in [0.25, 0.3) is 0 Å². The lowest BCUT2D eigenvalue weighted by molar-refractivity contribution is -0.136. The number of nitrogens with zero attached hydrogens (tertiary/aromatic N) is 1. The number of imide groups is 2. The number of nitrogens with one attached hydrogen (secondary N) is 3. The van der Waals surface area contributed by atoms with E-state index in [9.17, 15) is 19.2 Å². The Labute approximate surface area is 156 Å². The normalized spacial score (nSPS) is 27.9. The van der Waals surface area contributed by atoms with Crippen LogP contribution in [0.5, 0.6) is 0 Å². The van der Waals surface area contributed by atoms with Gasteiger partial charge in [-0.3, -0.25) is 29.4 Å². The number of amides is 4. The van der Waals surface area contributed by atoms with Crippen molar-refractivity contribution < 1.29 is 19.2 Å². The first-order chi connectivity index (χ1) is 12.9. The van der Waals surface area contributed by atoms with Crippen molar-refractivity contribution in [3.63, 3.8) is 0 Å². The summed E-state index contributed by atoms with van der Waals surface area (Å²) in [6.07, 6.45) is 1.31. The van der Waals surface area contributed by atoms with Crippen molar-refractivity contribution in [3.05, 3.63) is 34.9 Å². The lowest BCUT2D eigenvalue weighted by Crippen LogP contribution is -2.54. The summed E-state index contributed by atoms with van der Waals surface area (Å²) in [5.74, 6) is -1.92. The Bertz CT molecular complexity index is 844. The van der Waals surface area contributed by atoms with Crippen molar-refractivity contribution in [1.82, 2.24) is 20.9 Å². The molecule has 0 spiro atoms. The maximum atomic E-state index is 12.8. The summed E-state index contributed by atoms with van der Waals surface area (Å²) < 4.78 is 0. The van der Waals surface area contributed by atoms with Gasteiger partial charge in [-0.2, -0.15) is 0 Å². The molecule has 3 aliphatic heterocycles. The topological polar surface area (TPSA) is 108 Å². The van der Waals surface area contributed by atoms with E-state index in [1.807, 2.05) is 6.07 Å². The second kappa shape index (κ2) is 6.54. The van der Waals surface area contributed by atoms with Gasteiger partial charge in [0.05, 0.1) is 11.1 Å². The maximum Gasteiger partial charge on any atom is 0.262 e. The highest BCUT2D eigenvalue weighted by atomic mass is 16.2. The molecule has 0 saturated carbocycles. The van der Waals surface area contributed by atoms with Crippen molar-refractivity contribution >= 4 is 23.6 Å². The van der Waals surface area contributed by atoms with Gasteiger partial charge < -0.3 is 10.6 Å². The highest BCUT2D eigenvalue weighted by molar-refractivity contribution is 6.23. The summed E-state index contributed by atoms with van der Waals surface area (Å²) in [5.41, 5.74) is 1.55. The van der Waals surface area contributed by atoms with Crippen molar-refractivity contribution in [2.24, 2.45) is 0 Å². The lowest BCUT2D eigenvalue weighted by Gasteiger charge is -2.27. The summed E-state index contributed by atoms with van der Waals surface area (Å²) in [4.78, 5) is 49.9. The van der Waals surface area contributed by atoms with Crippen LogP contribution in [0.3, 0.4) is 0 Å². The summed E-state index contributed by atoms with van der Waals surface area (Å²) in [6.45, 7) is 4.60. The number of hydrogen-bond acceptors (Lipinski definition) is 6. The van der Waals surface area contributed by atoms with E-state index in [4.69, 9.17) is 0 Å². The molecule has 0 radical (unpaired) electrons. The standard InChI is InChI=1S/C19H22N4O4/c1-19(6-7-20-10-19)21-9-11-2-3-12-13(8-11)18(27)23(17(12)26)14-4-5-15(24)22-16(14)25/h2-3,8,14,20-21H,4-7,9-10H2,1H3,(H,22,24,25). The van der Waals surface area contributed by atoms with Gasteiger partial charge in [0.2, 0.25) is 11.8 Å². The quantitative estimate of drug-likeness (QED) is 0.641. The van der Waals surface area contributed by atoms with Gasteiger partial charge in [0.15, 0.2) is 0 Å². The van der Waals surface area contributed by atoms with Crippen LogP contribution >= 0.6 is 0 Å². The van der Waals surface area contributed by atoms with E-state index in [2.05, 4.69) is 22.9 Å². The highest BCUT2D eigenvalue weighted by Crippen LogP contribution is 2.28. The molecule has 2 atom stereocenters. The molecule has 3 aliphatic rings. The molecule has 4 rings (SSSR count). The predicted molar refractivity (Wildman–Crippen MR) is 95.8 cm³/mol. The Morgan fingerprint density at radius 2 is 1.96 bits per heavy atom. The summed E-state index contributed by atoms with van der Waals surface area (Å²) in [5, 5.41) is 9.03. The fourth-order valence-corrected chi connectivity index (χ4v) is 3.91. The minimum Gasteiger partial charge on any atom is -0.315 e. The predicted octanol–water partition coefficient (Wildman–Crippen LogP) is -0.0706. The Morgan fingerprint density at radius 1 is 1.19 bits per heavy atom. The third kappa shape index (κ3) is 3.15. The van der Waals surface area contributed by atoms with Crippen LogP contribution < -0.4 is 16.0 Å². The molecular weight excluding hydrogens is 348 g/mol. The monoisotopic (exact) mass is 370 g/mol. The molecule has 3 N–H and O–H groups in total. The number of piperidine rings is 1. The molecule has 1 aromatic carbocycles. The number of carbonyl (C=O) groups excluding carboxylic acids is 4. The molecule has 8 heteroatoms. The van der Waals surface area contributed by atoms with Gasteiger partial charge in [-0.1, -0.05) is 6.07 Å². The van der Waals surface area contributed by atoms with E-state index in [-0.39, 0.29) is 24.3 Å². The van der Waals surface area contributed by atoms with Crippen molar-refractivity contribution in [1.29, 1.82) is 0 Å². The third-order valence-electron chi connectivity index (χ3n) is 5.59. The van der Waals surface area contributed by atoms with E-state index < -0.39 is 23.8 Å². The molecule has 2 saturated heterocycles. The molecule has 2 fully saturated rings. The van der Waals surface area contributed by atoms with E-state index in [0.29, 0.717) is 17.7 Å². The zero-order valence-electron chi connectivity index (χ0n) is 15.1. The molecule has 8 nitrogen and oxygen atoms in total. The van der Waals surface area contributed by atoms with Gasteiger partial charge in [0.25, 0.3) is 11.8 Å². The van der Waals surface area contributed by atoms with Crippen LogP contribution in [0.1, 0.15) is 52.5 Å². The van der Waals surface area contributed by atoms with Gasteiger partial charge in [-0.15, -0.1) is 0 Å². The molecule has 0 aliphatic carbocycles. The summed E-state index contributed by atoms with van der Waals surface area (Å²) in [7, 11) is 0. The number of fused-ring (bicyclic) bond motifs is 1. The fourth-order valence-electron chi connectivity index (χ4n) is 3.91. The van der Waals surface area contributed by atoms with Crippen LogP contribution in [0.15, 0.2) is 18.2 Å². The molecule has 3 heterocycles. The van der Waals surface area contributed by atoms with E-state index in [1.165, 1.54) is 0 Å². The molecule has 4 amide bonds. The van der Waals surface area contributed by atoms with Gasteiger partial charge in [-0.05, 0) is 44.0 Å². The first-order valence-electron chi connectivity index (χ1n) is 9.18. The van der Waals surface area contributed by atoms with E-state index in [1.54, 1.807) is 12.1 Å². The number of benzene rings is 1. The largest absolute Gasteiger partial charge is 0.315 e. The van der Waals surface area contributed by atoms with E-state index >= 15 is 0 Å². The SMILES string of the molecule is CC1(NCc2ccc3c(c2)C(=O)N(C2CCC(=O)NC2=O)C3=O)CCNC1. The van der Waals surface area contributed by atoms with Gasteiger partial charge in [-0.25, -0.2) is 0 Å². The average molecular weight is 370 g/mol. The zero-order chi connectivity index (χ0) is 19.2. The van der Waals surface area contributed by atoms with E-state index in [0.717, 1.165) is 30.0 Å². The summed E-state index contributed by atoms with van der Waals surface area (Å²) in [6, 6.07) is 4.27. The Hall–Kier alpha value is -2.58. The van der Waals surface area contributed by atoms with Gasteiger partial charge in [0.1, 0.15) is 6.04 Å². The number of hydrogen-bond donors (Lipinski definition) is 3. The molecule has 142 valence electrons. The first kappa shape index (κ1) is 17.8. The van der Waals surface area contributed by atoms with Gasteiger partial charge >= 0.3 is 0 Å². The number of carbonyl (C=O) groups is 4. The molecule has 2 unspecified atom stereocenters. The van der Waals surface area contributed by atoms with Gasteiger partial charge in [0, 0.05) is 25.0 Å². The average Bonchev–Trinajstić information content (AvgIpc) is 3.17. The summed E-state index contributed by atoms with van der Waals surface area (Å²) >= 11 is 0. The van der Waals surface area contributed by atoms with Crippen molar-refractivity contribution in [2.75, 3.05) is 13.1 Å². The maximum absolute atomic E-state index is 12.8.